The zero-order valence-corrected chi connectivity index (χ0v) is 10.0. The van der Waals surface area contributed by atoms with Crippen molar-refractivity contribution >= 4 is 25.7 Å². The molecule has 6 nitrogen and oxygen atoms in total. The summed E-state index contributed by atoms with van der Waals surface area (Å²) in [5.41, 5.74) is -0.936. The summed E-state index contributed by atoms with van der Waals surface area (Å²) in [7, 11) is 3.35. The van der Waals surface area contributed by atoms with Crippen molar-refractivity contribution < 1.29 is 17.9 Å². The Morgan fingerprint density at radius 3 is 2.44 bits per heavy atom. The number of halogens is 1. The summed E-state index contributed by atoms with van der Waals surface area (Å²) >= 11 is 0. The zero-order valence-electron chi connectivity index (χ0n) is 8.43. The number of hydrogen-bond donors (Lipinski definition) is 0. The maximum absolute atomic E-state index is 11.3. The first-order valence-corrected chi connectivity index (χ1v) is 6.33. The Bertz CT molecular complexity index is 589. The summed E-state index contributed by atoms with van der Waals surface area (Å²) < 4.78 is 27.6. The van der Waals surface area contributed by atoms with Crippen molar-refractivity contribution in [2.24, 2.45) is 7.05 Å². The molecule has 8 heteroatoms. The van der Waals surface area contributed by atoms with Gasteiger partial charge in [-0.25, -0.2) is 13.2 Å². The van der Waals surface area contributed by atoms with E-state index in [4.69, 9.17) is 10.7 Å². The first-order chi connectivity index (χ1) is 7.29. The fraction of sp³-hybridized carbons (Fsp3) is 0.250. The number of aromatic nitrogens is 1. The molecule has 1 aromatic rings. The van der Waals surface area contributed by atoms with Crippen LogP contribution < -0.4 is 5.56 Å². The SMILES string of the molecule is COC(=O)c1c(S(=O)(=O)Cl)ccc(=O)n1C. The monoisotopic (exact) mass is 265 g/mol. The molecule has 0 aliphatic heterocycles. The smallest absolute Gasteiger partial charge is 0.356 e. The minimum Gasteiger partial charge on any atom is -0.464 e. The first-order valence-electron chi connectivity index (χ1n) is 4.02. The molecule has 0 aliphatic carbocycles. The van der Waals surface area contributed by atoms with E-state index in [1.807, 2.05) is 0 Å². The highest BCUT2D eigenvalue weighted by atomic mass is 35.7. The number of ether oxygens (including phenoxy) is 1. The van der Waals surface area contributed by atoms with E-state index in [0.29, 0.717) is 0 Å². The Morgan fingerprint density at radius 1 is 1.44 bits per heavy atom. The minimum absolute atomic E-state index is 0.398. The molecule has 0 atom stereocenters. The molecule has 0 N–H and O–H groups in total. The van der Waals surface area contributed by atoms with Crippen LogP contribution in [0.5, 0.6) is 0 Å². The lowest BCUT2D eigenvalue weighted by atomic mass is 10.3. The third-order valence-electron chi connectivity index (χ3n) is 1.92. The van der Waals surface area contributed by atoms with Crippen LogP contribution in [0.15, 0.2) is 21.8 Å². The highest BCUT2D eigenvalue weighted by Crippen LogP contribution is 2.18. The Labute approximate surface area is 95.8 Å². The number of carbonyl (C=O) groups is 1. The Morgan fingerprint density at radius 2 is 2.00 bits per heavy atom. The summed E-state index contributed by atoms with van der Waals surface area (Å²) in [6, 6.07) is 1.97. The van der Waals surface area contributed by atoms with E-state index in [9.17, 15) is 18.0 Å². The van der Waals surface area contributed by atoms with E-state index in [1.165, 1.54) is 7.05 Å². The summed E-state index contributed by atoms with van der Waals surface area (Å²) in [5.74, 6) is -0.945. The molecule has 0 spiro atoms. The van der Waals surface area contributed by atoms with Gasteiger partial charge in [0.1, 0.15) is 10.6 Å². The van der Waals surface area contributed by atoms with Gasteiger partial charge >= 0.3 is 5.97 Å². The van der Waals surface area contributed by atoms with E-state index in [1.54, 1.807) is 0 Å². The van der Waals surface area contributed by atoms with Crippen LogP contribution in [-0.4, -0.2) is 26.1 Å². The van der Waals surface area contributed by atoms with Gasteiger partial charge in [0.05, 0.1) is 7.11 Å². The van der Waals surface area contributed by atoms with Crippen LogP contribution >= 0.6 is 10.7 Å². The van der Waals surface area contributed by atoms with Crippen LogP contribution in [0.3, 0.4) is 0 Å². The number of carbonyl (C=O) groups excluding carboxylic acids is 1. The maximum Gasteiger partial charge on any atom is 0.356 e. The second kappa shape index (κ2) is 4.26. The molecular formula is C8H8ClNO5S. The number of rotatable bonds is 2. The first kappa shape index (κ1) is 12.7. The molecule has 1 rings (SSSR count). The minimum atomic E-state index is -4.12. The number of pyridine rings is 1. The van der Waals surface area contributed by atoms with Crippen LogP contribution in [0.1, 0.15) is 10.5 Å². The van der Waals surface area contributed by atoms with Gasteiger partial charge in [0, 0.05) is 23.8 Å². The lowest BCUT2D eigenvalue weighted by Gasteiger charge is -2.08. The highest BCUT2D eigenvalue weighted by molar-refractivity contribution is 8.13. The fourth-order valence-electron chi connectivity index (χ4n) is 1.14. The molecule has 16 heavy (non-hydrogen) atoms. The van der Waals surface area contributed by atoms with Gasteiger partial charge in [-0.1, -0.05) is 0 Å². The van der Waals surface area contributed by atoms with Crippen LogP contribution in [0.4, 0.5) is 0 Å². The molecule has 1 heterocycles. The summed E-state index contributed by atoms with van der Waals surface area (Å²) in [6.07, 6.45) is 0. The molecule has 0 saturated carbocycles. The van der Waals surface area contributed by atoms with E-state index >= 15 is 0 Å². The van der Waals surface area contributed by atoms with Crippen LogP contribution in [0.25, 0.3) is 0 Å². The van der Waals surface area contributed by atoms with Gasteiger partial charge in [0.2, 0.25) is 0 Å². The van der Waals surface area contributed by atoms with E-state index < -0.39 is 31.2 Å². The van der Waals surface area contributed by atoms with Crippen molar-refractivity contribution in [3.63, 3.8) is 0 Å². The van der Waals surface area contributed by atoms with Crippen molar-refractivity contribution in [1.82, 2.24) is 4.57 Å². The second-order valence-corrected chi connectivity index (χ2v) is 5.41. The van der Waals surface area contributed by atoms with Crippen LogP contribution in [-0.2, 0) is 20.8 Å². The zero-order chi connectivity index (χ0) is 12.5. The molecule has 0 saturated heterocycles. The van der Waals surface area contributed by atoms with Gasteiger partial charge in [0.25, 0.3) is 14.6 Å². The van der Waals surface area contributed by atoms with Crippen LogP contribution in [0.2, 0.25) is 0 Å². The van der Waals surface area contributed by atoms with Crippen molar-refractivity contribution in [2.75, 3.05) is 7.11 Å². The van der Waals surface area contributed by atoms with E-state index in [2.05, 4.69) is 4.74 Å². The lowest BCUT2D eigenvalue weighted by molar-refractivity contribution is 0.0583. The van der Waals surface area contributed by atoms with Gasteiger partial charge < -0.3 is 9.30 Å². The van der Waals surface area contributed by atoms with Crippen molar-refractivity contribution in [3.8, 4) is 0 Å². The van der Waals surface area contributed by atoms with Gasteiger partial charge in [-0.05, 0) is 6.07 Å². The number of methoxy groups -OCH3 is 1. The molecule has 0 bridgehead atoms. The Kier molecular flexibility index (Phi) is 3.39. The van der Waals surface area contributed by atoms with Crippen molar-refractivity contribution in [3.05, 3.63) is 28.2 Å². The normalized spacial score (nSPS) is 11.2. The molecule has 1 aromatic heterocycles. The van der Waals surface area contributed by atoms with E-state index in [-0.39, 0.29) is 0 Å². The predicted octanol–water partition coefficient (Wildman–Crippen LogP) is 0.0994. The lowest BCUT2D eigenvalue weighted by Crippen LogP contribution is -2.25. The molecule has 0 fully saturated rings. The van der Waals surface area contributed by atoms with Gasteiger partial charge in [-0.3, -0.25) is 4.79 Å². The van der Waals surface area contributed by atoms with Crippen molar-refractivity contribution in [1.29, 1.82) is 0 Å². The number of hydrogen-bond acceptors (Lipinski definition) is 5. The molecule has 0 aliphatic rings. The molecule has 0 unspecified atom stereocenters. The van der Waals surface area contributed by atoms with Gasteiger partial charge in [-0.2, -0.15) is 0 Å². The summed E-state index contributed by atoms with van der Waals surface area (Å²) in [6.45, 7) is 0. The van der Waals surface area contributed by atoms with E-state index in [0.717, 1.165) is 23.8 Å². The predicted molar refractivity (Wildman–Crippen MR) is 56.1 cm³/mol. The standard InChI is InChI=1S/C8H8ClNO5S/c1-10-6(11)4-3-5(16(9,13)14)7(10)8(12)15-2/h3-4H,1-2H3. The number of nitrogens with zero attached hydrogens (tertiary/aromatic N) is 1. The summed E-state index contributed by atoms with van der Waals surface area (Å²) in [5, 5.41) is 0. The second-order valence-electron chi connectivity index (χ2n) is 2.87. The fourth-order valence-corrected chi connectivity index (χ4v) is 2.20. The molecule has 0 radical (unpaired) electrons. The Balaban J connectivity index is 3.72. The highest BCUT2D eigenvalue weighted by Gasteiger charge is 2.24. The molecule has 0 amide bonds. The quantitative estimate of drug-likeness (QED) is 0.559. The summed E-state index contributed by atoms with van der Waals surface area (Å²) in [4.78, 5) is 22.2. The largest absolute Gasteiger partial charge is 0.464 e. The third kappa shape index (κ3) is 2.25. The van der Waals surface area contributed by atoms with Gasteiger partial charge in [0.15, 0.2) is 0 Å². The third-order valence-corrected chi connectivity index (χ3v) is 3.27. The topological polar surface area (TPSA) is 82.4 Å². The maximum atomic E-state index is 11.3. The Hall–Kier alpha value is -1.34. The average Bonchev–Trinajstić information content (AvgIpc) is 2.19. The van der Waals surface area contributed by atoms with Gasteiger partial charge in [-0.15, -0.1) is 0 Å². The average molecular weight is 266 g/mol. The molecule has 88 valence electrons. The van der Waals surface area contributed by atoms with Crippen molar-refractivity contribution in [2.45, 2.75) is 4.90 Å². The molecular weight excluding hydrogens is 258 g/mol. The number of esters is 1. The van der Waals surface area contributed by atoms with Crippen LogP contribution in [0, 0.1) is 0 Å². The molecule has 0 aromatic carbocycles.